The Morgan fingerprint density at radius 2 is 1.89 bits per heavy atom. The predicted molar refractivity (Wildman–Crippen MR) is 72.7 cm³/mol. The fourth-order valence-electron chi connectivity index (χ4n) is 3.18. The molecule has 0 unspecified atom stereocenters. The lowest BCUT2D eigenvalue weighted by Crippen LogP contribution is -2.13. The van der Waals surface area contributed by atoms with Crippen LogP contribution in [0, 0.1) is 11.8 Å². The quantitative estimate of drug-likeness (QED) is 0.753. The summed E-state index contributed by atoms with van der Waals surface area (Å²) in [6.07, 6.45) is 3.94. The average Bonchev–Trinajstić information content (AvgIpc) is 2.87. The molecular weight excluding hydrogens is 224 g/mol. The summed E-state index contributed by atoms with van der Waals surface area (Å²) in [5.41, 5.74) is 2.01. The van der Waals surface area contributed by atoms with E-state index in [0.29, 0.717) is 11.5 Å². The van der Waals surface area contributed by atoms with E-state index in [9.17, 15) is 4.79 Å². The zero-order valence-electron chi connectivity index (χ0n) is 11.5. The van der Waals surface area contributed by atoms with Crippen molar-refractivity contribution in [2.24, 2.45) is 11.8 Å². The molecule has 1 aromatic rings. The van der Waals surface area contributed by atoms with E-state index < -0.39 is 0 Å². The normalized spacial score (nSPS) is 23.3. The Bertz CT molecular complexity index is 406. The monoisotopic (exact) mass is 246 g/mol. The first kappa shape index (κ1) is 13.1. The number of hydrogen-bond acceptors (Lipinski definition) is 2. The maximum absolute atomic E-state index is 11.4. The number of benzene rings is 1. The van der Waals surface area contributed by atoms with Crippen molar-refractivity contribution in [3.05, 3.63) is 35.4 Å². The lowest BCUT2D eigenvalue weighted by molar-refractivity contribution is 0.0600. The van der Waals surface area contributed by atoms with Gasteiger partial charge in [0.05, 0.1) is 12.7 Å². The molecule has 0 aliphatic heterocycles. The Labute approximate surface area is 109 Å². The van der Waals surface area contributed by atoms with Crippen LogP contribution in [0.5, 0.6) is 0 Å². The minimum Gasteiger partial charge on any atom is -0.465 e. The van der Waals surface area contributed by atoms with Crippen molar-refractivity contribution < 1.29 is 9.53 Å². The van der Waals surface area contributed by atoms with Crippen LogP contribution in [-0.2, 0) is 4.74 Å². The summed E-state index contributed by atoms with van der Waals surface area (Å²) in [7, 11) is 1.42. The molecule has 2 heteroatoms. The van der Waals surface area contributed by atoms with Gasteiger partial charge in [-0.25, -0.2) is 4.79 Å². The molecule has 0 radical (unpaired) electrons. The second-order valence-corrected chi connectivity index (χ2v) is 5.56. The molecule has 1 aliphatic carbocycles. The van der Waals surface area contributed by atoms with Crippen molar-refractivity contribution in [1.29, 1.82) is 0 Å². The minimum atomic E-state index is -0.256. The van der Waals surface area contributed by atoms with Gasteiger partial charge in [-0.1, -0.05) is 32.4 Å². The molecule has 0 saturated heterocycles. The van der Waals surface area contributed by atoms with E-state index in [1.807, 2.05) is 12.1 Å². The smallest absolute Gasteiger partial charge is 0.337 e. The maximum atomic E-state index is 11.4. The molecule has 2 nitrogen and oxygen atoms in total. The third-order valence-corrected chi connectivity index (χ3v) is 4.19. The van der Waals surface area contributed by atoms with Crippen LogP contribution in [0.2, 0.25) is 0 Å². The third kappa shape index (κ3) is 2.58. The van der Waals surface area contributed by atoms with Gasteiger partial charge in [-0.15, -0.1) is 0 Å². The summed E-state index contributed by atoms with van der Waals surface area (Å²) in [5, 5.41) is 0. The van der Waals surface area contributed by atoms with Crippen LogP contribution in [0.25, 0.3) is 0 Å². The summed E-state index contributed by atoms with van der Waals surface area (Å²) < 4.78 is 4.72. The summed E-state index contributed by atoms with van der Waals surface area (Å²) in [4.78, 5) is 11.4. The van der Waals surface area contributed by atoms with Gasteiger partial charge in [0.1, 0.15) is 0 Å². The SMILES string of the molecule is COC(=O)c1ccc([C@@H]2CCC[C@H]2C(C)C)cc1. The van der Waals surface area contributed by atoms with Crippen molar-refractivity contribution in [1.82, 2.24) is 0 Å². The number of rotatable bonds is 3. The molecule has 0 amide bonds. The molecule has 1 aromatic carbocycles. The summed E-state index contributed by atoms with van der Waals surface area (Å²) in [6, 6.07) is 7.96. The number of carbonyl (C=O) groups is 1. The van der Waals surface area contributed by atoms with E-state index in [1.54, 1.807) is 0 Å². The lowest BCUT2D eigenvalue weighted by atomic mass is 9.82. The molecule has 2 rings (SSSR count). The molecule has 1 saturated carbocycles. The summed E-state index contributed by atoms with van der Waals surface area (Å²) in [6.45, 7) is 4.62. The van der Waals surface area contributed by atoms with Gasteiger partial charge in [0.25, 0.3) is 0 Å². The molecule has 0 aromatic heterocycles. The predicted octanol–water partition coefficient (Wildman–Crippen LogP) is 4.01. The average molecular weight is 246 g/mol. The highest BCUT2D eigenvalue weighted by molar-refractivity contribution is 5.89. The lowest BCUT2D eigenvalue weighted by Gasteiger charge is -2.23. The van der Waals surface area contributed by atoms with Crippen LogP contribution >= 0.6 is 0 Å². The van der Waals surface area contributed by atoms with Crippen molar-refractivity contribution >= 4 is 5.97 Å². The van der Waals surface area contributed by atoms with E-state index >= 15 is 0 Å². The van der Waals surface area contributed by atoms with Crippen molar-refractivity contribution in [2.45, 2.75) is 39.0 Å². The second kappa shape index (κ2) is 5.55. The van der Waals surface area contributed by atoms with E-state index in [0.717, 1.165) is 11.8 Å². The molecule has 0 heterocycles. The molecule has 0 bridgehead atoms. The third-order valence-electron chi connectivity index (χ3n) is 4.19. The van der Waals surface area contributed by atoms with Crippen molar-refractivity contribution in [3.8, 4) is 0 Å². The van der Waals surface area contributed by atoms with Gasteiger partial charge in [0.15, 0.2) is 0 Å². The second-order valence-electron chi connectivity index (χ2n) is 5.56. The van der Waals surface area contributed by atoms with E-state index in [2.05, 4.69) is 26.0 Å². The molecule has 0 spiro atoms. The Kier molecular flexibility index (Phi) is 4.05. The van der Waals surface area contributed by atoms with Gasteiger partial charge in [-0.2, -0.15) is 0 Å². The van der Waals surface area contributed by atoms with Gasteiger partial charge >= 0.3 is 5.97 Å². The van der Waals surface area contributed by atoms with Crippen molar-refractivity contribution in [3.63, 3.8) is 0 Å². The molecule has 2 atom stereocenters. The van der Waals surface area contributed by atoms with Gasteiger partial charge in [0.2, 0.25) is 0 Å². The number of methoxy groups -OCH3 is 1. The Balaban J connectivity index is 2.16. The van der Waals surface area contributed by atoms with E-state index in [-0.39, 0.29) is 5.97 Å². The Hall–Kier alpha value is -1.31. The largest absolute Gasteiger partial charge is 0.465 e. The maximum Gasteiger partial charge on any atom is 0.337 e. The van der Waals surface area contributed by atoms with Crippen molar-refractivity contribution in [2.75, 3.05) is 7.11 Å². The number of hydrogen-bond donors (Lipinski definition) is 0. The number of carbonyl (C=O) groups excluding carboxylic acids is 1. The van der Waals surface area contributed by atoms with Crippen LogP contribution in [0.1, 0.15) is 54.9 Å². The van der Waals surface area contributed by atoms with Gasteiger partial charge in [-0.05, 0) is 48.3 Å². The Morgan fingerprint density at radius 3 is 2.44 bits per heavy atom. The fraction of sp³-hybridized carbons (Fsp3) is 0.562. The minimum absolute atomic E-state index is 0.256. The molecule has 98 valence electrons. The number of esters is 1. The first-order valence-corrected chi connectivity index (χ1v) is 6.81. The zero-order chi connectivity index (χ0) is 13.1. The summed E-state index contributed by atoms with van der Waals surface area (Å²) >= 11 is 0. The van der Waals surface area contributed by atoms with Gasteiger partial charge in [-0.3, -0.25) is 0 Å². The standard InChI is InChI=1S/C16H22O2/c1-11(2)14-5-4-6-15(14)12-7-9-13(10-8-12)16(17)18-3/h7-11,14-15H,4-6H2,1-3H3/t14-,15-/m0/s1. The highest BCUT2D eigenvalue weighted by Gasteiger charge is 2.30. The van der Waals surface area contributed by atoms with E-state index in [1.165, 1.54) is 31.9 Å². The molecule has 18 heavy (non-hydrogen) atoms. The first-order valence-electron chi connectivity index (χ1n) is 6.81. The zero-order valence-corrected chi connectivity index (χ0v) is 11.5. The van der Waals surface area contributed by atoms with Gasteiger partial charge < -0.3 is 4.74 Å². The highest BCUT2D eigenvalue weighted by atomic mass is 16.5. The molecule has 0 N–H and O–H groups in total. The number of ether oxygens (including phenoxy) is 1. The fourth-order valence-corrected chi connectivity index (χ4v) is 3.18. The molecule has 1 fully saturated rings. The van der Waals surface area contributed by atoms with Gasteiger partial charge in [0, 0.05) is 0 Å². The topological polar surface area (TPSA) is 26.3 Å². The van der Waals surface area contributed by atoms with Crippen LogP contribution < -0.4 is 0 Å². The van der Waals surface area contributed by atoms with Crippen LogP contribution in [-0.4, -0.2) is 13.1 Å². The first-order chi connectivity index (χ1) is 8.63. The molecule has 1 aliphatic rings. The Morgan fingerprint density at radius 1 is 1.22 bits per heavy atom. The van der Waals surface area contributed by atoms with E-state index in [4.69, 9.17) is 4.74 Å². The molecular formula is C16H22O2. The van der Waals surface area contributed by atoms with Crippen LogP contribution in [0.15, 0.2) is 24.3 Å². The summed E-state index contributed by atoms with van der Waals surface area (Å²) in [5.74, 6) is 1.93. The highest BCUT2D eigenvalue weighted by Crippen LogP contribution is 2.43. The van der Waals surface area contributed by atoms with Crippen LogP contribution in [0.3, 0.4) is 0 Å². The van der Waals surface area contributed by atoms with Crippen LogP contribution in [0.4, 0.5) is 0 Å².